The lowest BCUT2D eigenvalue weighted by atomic mass is 10.1. The SMILES string of the molecule is Cc1ccc(-c2nc(-c3ccccc3)nc(-c3ccccc3)n2)cc1.Cc1ccccc1N1c2ccccc2Sc2ccccc21. The number of hydrogen-bond acceptors (Lipinski definition) is 5. The van der Waals surface area contributed by atoms with Crippen LogP contribution in [0.4, 0.5) is 17.1 Å². The maximum absolute atomic E-state index is 4.71. The van der Waals surface area contributed by atoms with Crippen molar-refractivity contribution in [3.63, 3.8) is 0 Å². The van der Waals surface area contributed by atoms with Crippen LogP contribution in [0.1, 0.15) is 11.1 Å². The molecule has 5 heteroatoms. The number of nitrogens with zero attached hydrogens (tertiary/aromatic N) is 4. The molecule has 1 aliphatic heterocycles. The first-order chi connectivity index (χ1) is 22.6. The summed E-state index contributed by atoms with van der Waals surface area (Å²) in [6.45, 7) is 4.24. The van der Waals surface area contributed by atoms with Gasteiger partial charge in [-0.25, -0.2) is 15.0 Å². The van der Waals surface area contributed by atoms with Gasteiger partial charge in [0.05, 0.1) is 11.4 Å². The second kappa shape index (κ2) is 13.2. The van der Waals surface area contributed by atoms with Gasteiger partial charge in [0.2, 0.25) is 0 Å². The zero-order chi connectivity index (χ0) is 31.3. The van der Waals surface area contributed by atoms with Gasteiger partial charge in [0, 0.05) is 32.2 Å². The molecule has 1 aliphatic rings. The highest BCUT2D eigenvalue weighted by atomic mass is 32.2. The van der Waals surface area contributed by atoms with E-state index in [1.807, 2.05) is 84.6 Å². The van der Waals surface area contributed by atoms with E-state index in [0.29, 0.717) is 17.5 Å². The Kier molecular flexibility index (Phi) is 8.40. The van der Waals surface area contributed by atoms with E-state index < -0.39 is 0 Å². The van der Waals surface area contributed by atoms with Gasteiger partial charge in [0.15, 0.2) is 17.5 Å². The lowest BCUT2D eigenvalue weighted by Crippen LogP contribution is -2.15. The van der Waals surface area contributed by atoms with Crippen LogP contribution in [0.5, 0.6) is 0 Å². The summed E-state index contributed by atoms with van der Waals surface area (Å²) in [6, 6.07) is 54.0. The van der Waals surface area contributed by atoms with Gasteiger partial charge in [-0.15, -0.1) is 0 Å². The first kappa shape index (κ1) is 29.2. The quantitative estimate of drug-likeness (QED) is 0.198. The summed E-state index contributed by atoms with van der Waals surface area (Å²) in [5.41, 5.74) is 9.22. The molecule has 1 aromatic heterocycles. The molecule has 2 heterocycles. The van der Waals surface area contributed by atoms with Gasteiger partial charge in [-0.05, 0) is 49.7 Å². The Morgan fingerprint density at radius 2 is 0.783 bits per heavy atom. The van der Waals surface area contributed by atoms with E-state index >= 15 is 0 Å². The van der Waals surface area contributed by atoms with Crippen molar-refractivity contribution in [2.24, 2.45) is 0 Å². The minimum Gasteiger partial charge on any atom is -0.308 e. The maximum atomic E-state index is 4.71. The molecule has 222 valence electrons. The molecule has 0 bridgehead atoms. The van der Waals surface area contributed by atoms with Gasteiger partial charge in [-0.2, -0.15) is 0 Å². The number of fused-ring (bicyclic) bond motifs is 2. The molecule has 0 atom stereocenters. The Bertz CT molecular complexity index is 1980. The molecular formula is C41H32N4S. The Morgan fingerprint density at radius 3 is 1.26 bits per heavy atom. The van der Waals surface area contributed by atoms with Gasteiger partial charge in [0.1, 0.15) is 0 Å². The van der Waals surface area contributed by atoms with E-state index in [4.69, 9.17) is 15.0 Å². The van der Waals surface area contributed by atoms with Crippen molar-refractivity contribution in [2.45, 2.75) is 23.6 Å². The standard InChI is InChI=1S/C22H17N3.C19H15NS/c1-16-12-14-19(15-13-16)22-24-20(17-8-4-2-5-9-17)23-21(25-22)18-10-6-3-7-11-18;1-14-8-2-3-9-15(14)20-16-10-4-6-12-18(16)21-19-13-7-5-11-17(19)20/h2-15H,1H3;2-13H,1H3. The van der Waals surface area contributed by atoms with Crippen molar-refractivity contribution in [3.8, 4) is 34.2 Å². The van der Waals surface area contributed by atoms with Crippen molar-refractivity contribution in [1.82, 2.24) is 15.0 Å². The molecule has 8 rings (SSSR count). The third-order valence-electron chi connectivity index (χ3n) is 7.80. The molecule has 0 radical (unpaired) electrons. The molecule has 0 spiro atoms. The van der Waals surface area contributed by atoms with Crippen LogP contribution < -0.4 is 4.90 Å². The largest absolute Gasteiger partial charge is 0.308 e. The summed E-state index contributed by atoms with van der Waals surface area (Å²) in [6.07, 6.45) is 0. The van der Waals surface area contributed by atoms with Crippen molar-refractivity contribution in [3.05, 3.63) is 169 Å². The average molecular weight is 613 g/mol. The molecule has 0 unspecified atom stereocenters. The average Bonchev–Trinajstić information content (AvgIpc) is 3.12. The number of rotatable bonds is 4. The topological polar surface area (TPSA) is 41.9 Å². The van der Waals surface area contributed by atoms with Gasteiger partial charge in [0.25, 0.3) is 0 Å². The Morgan fingerprint density at radius 1 is 0.391 bits per heavy atom. The van der Waals surface area contributed by atoms with Crippen LogP contribution in [0.25, 0.3) is 34.2 Å². The van der Waals surface area contributed by atoms with Gasteiger partial charge in [-0.3, -0.25) is 0 Å². The summed E-state index contributed by atoms with van der Waals surface area (Å²) in [4.78, 5) is 19.1. The molecule has 0 amide bonds. The van der Waals surface area contributed by atoms with E-state index in [-0.39, 0.29) is 0 Å². The van der Waals surface area contributed by atoms with Crippen molar-refractivity contribution in [1.29, 1.82) is 0 Å². The highest BCUT2D eigenvalue weighted by Crippen LogP contribution is 2.51. The van der Waals surface area contributed by atoms with Crippen molar-refractivity contribution < 1.29 is 0 Å². The molecule has 6 aromatic carbocycles. The Hall–Kier alpha value is -5.52. The second-order valence-corrected chi connectivity index (χ2v) is 12.1. The van der Waals surface area contributed by atoms with Crippen molar-refractivity contribution in [2.75, 3.05) is 4.90 Å². The van der Waals surface area contributed by atoms with Crippen LogP contribution >= 0.6 is 11.8 Å². The Labute approximate surface area is 274 Å². The van der Waals surface area contributed by atoms with Crippen LogP contribution in [0.15, 0.2) is 168 Å². The summed E-state index contributed by atoms with van der Waals surface area (Å²) >= 11 is 1.85. The fourth-order valence-corrected chi connectivity index (χ4v) is 6.48. The molecule has 0 saturated heterocycles. The number of aromatic nitrogens is 3. The van der Waals surface area contributed by atoms with Crippen LogP contribution in [0, 0.1) is 13.8 Å². The summed E-state index contributed by atoms with van der Waals surface area (Å²) in [5, 5.41) is 0. The third-order valence-corrected chi connectivity index (χ3v) is 8.93. The zero-order valence-electron chi connectivity index (χ0n) is 25.7. The molecule has 46 heavy (non-hydrogen) atoms. The Balaban J connectivity index is 0.000000149. The van der Waals surface area contributed by atoms with E-state index in [1.54, 1.807) is 0 Å². The van der Waals surface area contributed by atoms with Crippen LogP contribution in [-0.4, -0.2) is 15.0 Å². The third kappa shape index (κ3) is 6.19. The number of aryl methyl sites for hydroxylation is 2. The summed E-state index contributed by atoms with van der Waals surface area (Å²) < 4.78 is 0. The number of para-hydroxylation sites is 3. The first-order valence-corrected chi connectivity index (χ1v) is 16.1. The molecule has 4 nitrogen and oxygen atoms in total. The second-order valence-electron chi connectivity index (χ2n) is 11.1. The van der Waals surface area contributed by atoms with Gasteiger partial charge >= 0.3 is 0 Å². The minimum atomic E-state index is 0.685. The minimum absolute atomic E-state index is 0.685. The normalized spacial score (nSPS) is 11.6. The number of benzene rings is 6. The summed E-state index contributed by atoms with van der Waals surface area (Å²) in [7, 11) is 0. The highest BCUT2D eigenvalue weighted by Gasteiger charge is 2.24. The monoisotopic (exact) mass is 612 g/mol. The maximum Gasteiger partial charge on any atom is 0.164 e. The summed E-state index contributed by atoms with van der Waals surface area (Å²) in [5.74, 6) is 2.06. The molecule has 0 aliphatic carbocycles. The van der Waals surface area contributed by atoms with E-state index in [2.05, 4.69) is 104 Å². The highest BCUT2D eigenvalue weighted by molar-refractivity contribution is 7.99. The molecular weight excluding hydrogens is 581 g/mol. The lowest BCUT2D eigenvalue weighted by Gasteiger charge is -2.33. The first-order valence-electron chi connectivity index (χ1n) is 15.3. The zero-order valence-corrected chi connectivity index (χ0v) is 26.5. The van der Waals surface area contributed by atoms with E-state index in [9.17, 15) is 0 Å². The molecule has 7 aromatic rings. The number of hydrogen-bond donors (Lipinski definition) is 0. The van der Waals surface area contributed by atoms with E-state index in [1.165, 1.54) is 38.0 Å². The fourth-order valence-electron chi connectivity index (χ4n) is 5.42. The van der Waals surface area contributed by atoms with E-state index in [0.717, 1.165) is 16.7 Å². The van der Waals surface area contributed by atoms with Gasteiger partial charge in [-0.1, -0.05) is 145 Å². The predicted molar refractivity (Wildman–Crippen MR) is 191 cm³/mol. The predicted octanol–water partition coefficient (Wildman–Crippen LogP) is 11.1. The van der Waals surface area contributed by atoms with Crippen LogP contribution in [0.3, 0.4) is 0 Å². The van der Waals surface area contributed by atoms with Gasteiger partial charge < -0.3 is 4.90 Å². The smallest absolute Gasteiger partial charge is 0.164 e. The van der Waals surface area contributed by atoms with Crippen molar-refractivity contribution >= 4 is 28.8 Å². The molecule has 0 saturated carbocycles. The molecule has 0 N–H and O–H groups in total. The lowest BCUT2D eigenvalue weighted by molar-refractivity contribution is 1.07. The van der Waals surface area contributed by atoms with Crippen LogP contribution in [0.2, 0.25) is 0 Å². The fraction of sp³-hybridized carbons (Fsp3) is 0.0488. The van der Waals surface area contributed by atoms with Crippen LogP contribution in [-0.2, 0) is 0 Å². The number of anilines is 3. The molecule has 0 fully saturated rings.